The number of allylic oxidation sites excluding steroid dienone is 4. The van der Waals surface area contributed by atoms with E-state index in [0.717, 1.165) is 35.6 Å². The second kappa shape index (κ2) is 16.6. The monoisotopic (exact) mass is 798 g/mol. The zero-order valence-electron chi connectivity index (χ0n) is 35.7. The van der Waals surface area contributed by atoms with Gasteiger partial charge >= 0.3 is 0 Å². The summed E-state index contributed by atoms with van der Waals surface area (Å²) in [7, 11) is 0. The molecule has 8 aromatic carbocycles. The number of para-hydroxylation sites is 3. The number of anilines is 6. The van der Waals surface area contributed by atoms with Crippen LogP contribution in [0.4, 0.5) is 34.1 Å². The first kappa shape index (κ1) is 38.8. The van der Waals surface area contributed by atoms with Crippen molar-refractivity contribution in [2.75, 3.05) is 9.80 Å². The average molecular weight is 799 g/mol. The second-order valence-electron chi connectivity index (χ2n) is 17.0. The van der Waals surface area contributed by atoms with Gasteiger partial charge in [0, 0.05) is 39.5 Å². The minimum atomic E-state index is 0.0163. The van der Waals surface area contributed by atoms with Crippen LogP contribution in [0.25, 0.3) is 40.0 Å². The van der Waals surface area contributed by atoms with E-state index < -0.39 is 0 Å². The third kappa shape index (κ3) is 7.50. The number of benzene rings is 8. The SMILES string of the molecule is Cc1ccccc1N(c1ccc(-c2ccc(/C=C/c3ccc(-c4ccc(N(c5ccccc5)c5ccccc5)cc4)cc3)cc2)cc1)c1ccc2c(c1)C(C)(C)C1=C2C=CCC1. The van der Waals surface area contributed by atoms with E-state index in [-0.39, 0.29) is 5.41 Å². The molecule has 2 aliphatic rings. The van der Waals surface area contributed by atoms with Crippen molar-refractivity contribution < 1.29 is 0 Å². The highest BCUT2D eigenvalue weighted by Gasteiger charge is 2.37. The lowest BCUT2D eigenvalue weighted by Gasteiger charge is -2.30. The minimum absolute atomic E-state index is 0.0163. The van der Waals surface area contributed by atoms with Crippen molar-refractivity contribution in [3.05, 3.63) is 246 Å². The molecule has 0 saturated heterocycles. The van der Waals surface area contributed by atoms with E-state index in [1.807, 2.05) is 0 Å². The molecule has 0 atom stereocenters. The van der Waals surface area contributed by atoms with Crippen molar-refractivity contribution in [1.29, 1.82) is 0 Å². The Bertz CT molecular complexity index is 2900. The van der Waals surface area contributed by atoms with Crippen LogP contribution in [0.2, 0.25) is 0 Å². The maximum absolute atomic E-state index is 2.44. The molecule has 0 unspecified atom stereocenters. The molecule has 300 valence electrons. The first-order chi connectivity index (χ1) is 30.4. The molecular weight excluding hydrogens is 749 g/mol. The quantitative estimate of drug-likeness (QED) is 0.127. The molecule has 0 heterocycles. The highest BCUT2D eigenvalue weighted by Crippen LogP contribution is 2.52. The standard InChI is InChI=1S/C60H50N2/c1-43-14-10-13-21-59(43)62(54-40-41-56-55-19-11-12-20-57(55)60(2,3)58(56)42-54)53-38-34-49(35-39-53)47-30-26-45(27-31-47)23-22-44-24-28-46(29-25-44)48-32-36-52(37-33-48)61(50-15-6-4-7-16-50)51-17-8-5-9-18-51/h4-11,13-19,21-42H,12,20H2,1-3H3/b23-22+. The molecule has 0 fully saturated rings. The van der Waals surface area contributed by atoms with Crippen molar-refractivity contribution in [3.63, 3.8) is 0 Å². The van der Waals surface area contributed by atoms with E-state index in [2.05, 4.69) is 255 Å². The molecule has 10 rings (SSSR count). The van der Waals surface area contributed by atoms with Gasteiger partial charge in [0.25, 0.3) is 0 Å². The smallest absolute Gasteiger partial charge is 0.0490 e. The summed E-state index contributed by atoms with van der Waals surface area (Å²) in [4.78, 5) is 4.71. The van der Waals surface area contributed by atoms with E-state index in [1.54, 1.807) is 5.57 Å². The molecule has 0 saturated carbocycles. The summed E-state index contributed by atoms with van der Waals surface area (Å²) < 4.78 is 0. The molecule has 8 aromatic rings. The molecule has 62 heavy (non-hydrogen) atoms. The number of hydrogen-bond donors (Lipinski definition) is 0. The lowest BCUT2D eigenvalue weighted by molar-refractivity contribution is 0.607. The van der Waals surface area contributed by atoms with Gasteiger partial charge in [-0.25, -0.2) is 0 Å². The molecule has 0 bridgehead atoms. The van der Waals surface area contributed by atoms with E-state index in [4.69, 9.17) is 0 Å². The van der Waals surface area contributed by atoms with Gasteiger partial charge in [0.2, 0.25) is 0 Å². The number of aryl methyl sites for hydroxylation is 1. The van der Waals surface area contributed by atoms with Gasteiger partial charge in [-0.05, 0) is 142 Å². The van der Waals surface area contributed by atoms with Crippen LogP contribution in [0, 0.1) is 6.92 Å². The summed E-state index contributed by atoms with van der Waals surface area (Å²) >= 11 is 0. The van der Waals surface area contributed by atoms with E-state index in [9.17, 15) is 0 Å². The lowest BCUT2D eigenvalue weighted by atomic mass is 9.78. The molecule has 0 aromatic heterocycles. The number of nitrogens with zero attached hydrogens (tertiary/aromatic N) is 2. The van der Waals surface area contributed by atoms with Gasteiger partial charge in [0.05, 0.1) is 0 Å². The van der Waals surface area contributed by atoms with Gasteiger partial charge in [0.1, 0.15) is 0 Å². The molecule has 0 aliphatic heterocycles. The summed E-state index contributed by atoms with van der Waals surface area (Å²) in [5.41, 5.74) is 21.1. The molecule has 2 heteroatoms. The van der Waals surface area contributed by atoms with Gasteiger partial charge in [-0.15, -0.1) is 0 Å². The molecule has 0 N–H and O–H groups in total. The fourth-order valence-electron chi connectivity index (χ4n) is 9.37. The Kier molecular flexibility index (Phi) is 10.4. The molecule has 2 nitrogen and oxygen atoms in total. The average Bonchev–Trinajstić information content (AvgIpc) is 3.56. The Hall–Kier alpha value is -7.42. The third-order valence-electron chi connectivity index (χ3n) is 12.7. The van der Waals surface area contributed by atoms with Crippen LogP contribution >= 0.6 is 0 Å². The highest BCUT2D eigenvalue weighted by molar-refractivity contribution is 5.89. The van der Waals surface area contributed by atoms with Gasteiger partial charge in [0.15, 0.2) is 0 Å². The van der Waals surface area contributed by atoms with Crippen LogP contribution in [-0.2, 0) is 5.41 Å². The number of rotatable bonds is 10. The Morgan fingerprint density at radius 1 is 0.452 bits per heavy atom. The zero-order chi connectivity index (χ0) is 42.0. The van der Waals surface area contributed by atoms with Crippen LogP contribution in [0.15, 0.2) is 218 Å². The number of hydrogen-bond acceptors (Lipinski definition) is 2. The lowest BCUT2D eigenvalue weighted by Crippen LogP contribution is -2.19. The van der Waals surface area contributed by atoms with Crippen LogP contribution in [0.1, 0.15) is 54.5 Å². The predicted octanol–water partition coefficient (Wildman–Crippen LogP) is 16.8. The van der Waals surface area contributed by atoms with Crippen molar-refractivity contribution >= 4 is 51.8 Å². The van der Waals surface area contributed by atoms with E-state index >= 15 is 0 Å². The molecule has 0 radical (unpaired) electrons. The molecule has 0 spiro atoms. The van der Waals surface area contributed by atoms with Crippen molar-refractivity contribution in [2.45, 2.75) is 39.0 Å². The third-order valence-corrected chi connectivity index (χ3v) is 12.7. The van der Waals surface area contributed by atoms with E-state index in [1.165, 1.54) is 67.0 Å². The Balaban J connectivity index is 0.838. The Morgan fingerprint density at radius 2 is 0.903 bits per heavy atom. The highest BCUT2D eigenvalue weighted by atomic mass is 15.1. The van der Waals surface area contributed by atoms with Crippen LogP contribution in [-0.4, -0.2) is 0 Å². The molecular formula is C60H50N2. The summed E-state index contributed by atoms with van der Waals surface area (Å²) in [6, 6.07) is 72.4. The first-order valence-electron chi connectivity index (χ1n) is 21.8. The van der Waals surface area contributed by atoms with Crippen molar-refractivity contribution in [1.82, 2.24) is 0 Å². The van der Waals surface area contributed by atoms with Gasteiger partial charge in [-0.1, -0.05) is 177 Å². The van der Waals surface area contributed by atoms with Crippen molar-refractivity contribution in [2.24, 2.45) is 0 Å². The van der Waals surface area contributed by atoms with Gasteiger partial charge in [-0.2, -0.15) is 0 Å². The van der Waals surface area contributed by atoms with Gasteiger partial charge in [-0.3, -0.25) is 0 Å². The van der Waals surface area contributed by atoms with Crippen LogP contribution in [0.3, 0.4) is 0 Å². The fourth-order valence-corrected chi connectivity index (χ4v) is 9.37. The topological polar surface area (TPSA) is 6.48 Å². The first-order valence-corrected chi connectivity index (χ1v) is 21.8. The Morgan fingerprint density at radius 3 is 1.44 bits per heavy atom. The summed E-state index contributed by atoms with van der Waals surface area (Å²) in [5, 5.41) is 0. The second-order valence-corrected chi connectivity index (χ2v) is 17.0. The van der Waals surface area contributed by atoms with Crippen LogP contribution < -0.4 is 9.80 Å². The normalized spacial score (nSPS) is 13.9. The minimum Gasteiger partial charge on any atom is -0.311 e. The Labute approximate surface area is 367 Å². The van der Waals surface area contributed by atoms with Gasteiger partial charge < -0.3 is 9.80 Å². The van der Waals surface area contributed by atoms with E-state index in [0.29, 0.717) is 0 Å². The predicted molar refractivity (Wildman–Crippen MR) is 265 cm³/mol. The summed E-state index contributed by atoms with van der Waals surface area (Å²) in [6.07, 6.45) is 11.3. The summed E-state index contributed by atoms with van der Waals surface area (Å²) in [6.45, 7) is 7.00. The maximum Gasteiger partial charge on any atom is 0.0490 e. The molecule has 0 amide bonds. The summed E-state index contributed by atoms with van der Waals surface area (Å²) in [5.74, 6) is 0. The van der Waals surface area contributed by atoms with Crippen LogP contribution in [0.5, 0.6) is 0 Å². The maximum atomic E-state index is 2.44. The molecule has 2 aliphatic carbocycles. The number of fused-ring (bicyclic) bond motifs is 2. The van der Waals surface area contributed by atoms with Crippen molar-refractivity contribution in [3.8, 4) is 22.3 Å². The fraction of sp³-hybridized carbons (Fsp3) is 0.100. The zero-order valence-corrected chi connectivity index (χ0v) is 35.7. The largest absolute Gasteiger partial charge is 0.311 e.